The van der Waals surface area contributed by atoms with E-state index in [2.05, 4.69) is 6.07 Å². The monoisotopic (exact) mass is 322 g/mol. The van der Waals surface area contributed by atoms with Gasteiger partial charge in [0, 0.05) is 17.0 Å². The Hall–Kier alpha value is -2.84. The SMILES string of the molecule is CC(=O)N(Cc1ccccc1)c1sc2cc(O)ccc2c1C#N. The molecule has 0 unspecified atom stereocenters. The highest BCUT2D eigenvalue weighted by Gasteiger charge is 2.21. The summed E-state index contributed by atoms with van der Waals surface area (Å²) >= 11 is 1.34. The standard InChI is InChI=1S/C18H14N2O2S/c1-12(21)20(11-13-5-3-2-4-6-13)18-16(10-19)15-8-7-14(22)9-17(15)23-18/h2-9,22H,11H2,1H3. The molecular weight excluding hydrogens is 308 g/mol. The molecule has 4 nitrogen and oxygen atoms in total. The molecule has 5 heteroatoms. The van der Waals surface area contributed by atoms with E-state index in [-0.39, 0.29) is 11.7 Å². The number of nitriles is 1. The molecule has 0 fully saturated rings. The smallest absolute Gasteiger partial charge is 0.224 e. The summed E-state index contributed by atoms with van der Waals surface area (Å²) in [5.74, 6) is 0.0216. The van der Waals surface area contributed by atoms with Gasteiger partial charge in [-0.05, 0) is 23.8 Å². The van der Waals surface area contributed by atoms with Crippen molar-refractivity contribution in [2.24, 2.45) is 0 Å². The third-order valence-electron chi connectivity index (χ3n) is 3.58. The molecule has 0 bridgehead atoms. The number of aromatic hydroxyl groups is 1. The van der Waals surface area contributed by atoms with Crippen molar-refractivity contribution in [3.05, 3.63) is 59.7 Å². The number of anilines is 1. The van der Waals surface area contributed by atoms with Gasteiger partial charge in [-0.3, -0.25) is 9.69 Å². The maximum absolute atomic E-state index is 12.1. The van der Waals surface area contributed by atoms with Gasteiger partial charge in [0.2, 0.25) is 5.91 Å². The van der Waals surface area contributed by atoms with Crippen molar-refractivity contribution in [2.45, 2.75) is 13.5 Å². The van der Waals surface area contributed by atoms with Crippen LogP contribution in [0.15, 0.2) is 48.5 Å². The van der Waals surface area contributed by atoms with Gasteiger partial charge in [0.15, 0.2) is 0 Å². The van der Waals surface area contributed by atoms with Crippen molar-refractivity contribution in [3.8, 4) is 11.8 Å². The van der Waals surface area contributed by atoms with Crippen LogP contribution in [0.4, 0.5) is 5.00 Å². The summed E-state index contributed by atoms with van der Waals surface area (Å²) in [4.78, 5) is 13.7. The lowest BCUT2D eigenvalue weighted by atomic mass is 10.1. The Labute approximate surface area is 137 Å². The number of carbonyl (C=O) groups excluding carboxylic acids is 1. The van der Waals surface area contributed by atoms with Crippen LogP contribution in [0.2, 0.25) is 0 Å². The summed E-state index contributed by atoms with van der Waals surface area (Å²) in [5.41, 5.74) is 1.46. The fourth-order valence-electron chi connectivity index (χ4n) is 2.46. The van der Waals surface area contributed by atoms with Crippen LogP contribution >= 0.6 is 11.3 Å². The molecule has 23 heavy (non-hydrogen) atoms. The van der Waals surface area contributed by atoms with Gasteiger partial charge >= 0.3 is 0 Å². The van der Waals surface area contributed by atoms with E-state index in [4.69, 9.17) is 0 Å². The second-order valence-corrected chi connectivity index (χ2v) is 6.20. The normalized spacial score (nSPS) is 10.4. The van der Waals surface area contributed by atoms with Gasteiger partial charge in [-0.15, -0.1) is 11.3 Å². The third-order valence-corrected chi connectivity index (χ3v) is 4.75. The number of carbonyl (C=O) groups is 1. The Morgan fingerprint density at radius 3 is 2.65 bits per heavy atom. The van der Waals surface area contributed by atoms with Crippen LogP contribution < -0.4 is 4.90 Å². The lowest BCUT2D eigenvalue weighted by Gasteiger charge is -2.19. The van der Waals surface area contributed by atoms with Crippen LogP contribution in [0.1, 0.15) is 18.1 Å². The minimum atomic E-state index is -0.124. The first-order valence-corrected chi connectivity index (χ1v) is 7.89. The van der Waals surface area contributed by atoms with Gasteiger partial charge in [-0.2, -0.15) is 5.26 Å². The highest BCUT2D eigenvalue weighted by atomic mass is 32.1. The molecule has 1 heterocycles. The second kappa shape index (κ2) is 6.11. The fraction of sp³-hybridized carbons (Fsp3) is 0.111. The van der Waals surface area contributed by atoms with Gasteiger partial charge in [-0.25, -0.2) is 0 Å². The Bertz CT molecular complexity index is 910. The maximum atomic E-state index is 12.1. The van der Waals surface area contributed by atoms with Crippen LogP contribution in [0.25, 0.3) is 10.1 Å². The summed E-state index contributed by atoms with van der Waals surface area (Å²) in [6.45, 7) is 1.90. The minimum Gasteiger partial charge on any atom is -0.508 e. The molecule has 0 aliphatic heterocycles. The summed E-state index contributed by atoms with van der Waals surface area (Å²) in [6, 6.07) is 16.7. The van der Waals surface area contributed by atoms with Gasteiger partial charge in [0.05, 0.1) is 12.1 Å². The van der Waals surface area contributed by atoms with E-state index in [1.165, 1.54) is 18.3 Å². The maximum Gasteiger partial charge on any atom is 0.224 e. The van der Waals surface area contributed by atoms with Crippen molar-refractivity contribution < 1.29 is 9.90 Å². The predicted octanol–water partition coefficient (Wildman–Crippen LogP) is 4.03. The highest BCUT2D eigenvalue weighted by Crippen LogP contribution is 2.39. The van der Waals surface area contributed by atoms with E-state index in [0.717, 1.165) is 15.6 Å². The van der Waals surface area contributed by atoms with E-state index >= 15 is 0 Å². The van der Waals surface area contributed by atoms with Crippen LogP contribution in [0.3, 0.4) is 0 Å². The van der Waals surface area contributed by atoms with Crippen LogP contribution in [0, 0.1) is 11.3 Å². The molecule has 114 valence electrons. The number of fused-ring (bicyclic) bond motifs is 1. The number of phenolic OH excluding ortho intramolecular Hbond substituents is 1. The first-order valence-electron chi connectivity index (χ1n) is 7.08. The number of rotatable bonds is 3. The summed E-state index contributed by atoms with van der Waals surface area (Å²) in [5, 5.41) is 20.5. The second-order valence-electron chi connectivity index (χ2n) is 5.17. The van der Waals surface area contributed by atoms with E-state index in [1.54, 1.807) is 23.1 Å². The molecule has 1 aromatic heterocycles. The van der Waals surface area contributed by atoms with E-state index in [1.807, 2.05) is 30.3 Å². The largest absolute Gasteiger partial charge is 0.508 e. The van der Waals surface area contributed by atoms with Gasteiger partial charge in [0.1, 0.15) is 16.8 Å². The van der Waals surface area contributed by atoms with Crippen molar-refractivity contribution in [3.63, 3.8) is 0 Å². The Morgan fingerprint density at radius 1 is 1.26 bits per heavy atom. The van der Waals surface area contributed by atoms with Crippen molar-refractivity contribution >= 4 is 32.3 Å². The molecule has 0 saturated heterocycles. The fourth-order valence-corrected chi connectivity index (χ4v) is 3.69. The lowest BCUT2D eigenvalue weighted by Crippen LogP contribution is -2.27. The van der Waals surface area contributed by atoms with Gasteiger partial charge in [0.25, 0.3) is 0 Å². The van der Waals surface area contributed by atoms with Crippen molar-refractivity contribution in [1.82, 2.24) is 0 Å². The minimum absolute atomic E-state index is 0.124. The van der Waals surface area contributed by atoms with Crippen LogP contribution in [-0.2, 0) is 11.3 Å². The Balaban J connectivity index is 2.11. The molecule has 0 spiro atoms. The summed E-state index contributed by atoms with van der Waals surface area (Å²) in [6.07, 6.45) is 0. The number of phenols is 1. The van der Waals surface area contributed by atoms with E-state index in [9.17, 15) is 15.2 Å². The molecule has 3 aromatic rings. The molecule has 2 aromatic carbocycles. The average molecular weight is 322 g/mol. The quantitative estimate of drug-likeness (QED) is 0.791. The third kappa shape index (κ3) is 2.89. The predicted molar refractivity (Wildman–Crippen MR) is 91.5 cm³/mol. The number of benzene rings is 2. The number of amides is 1. The summed E-state index contributed by atoms with van der Waals surface area (Å²) < 4.78 is 0.788. The van der Waals surface area contributed by atoms with Crippen LogP contribution in [0.5, 0.6) is 5.75 Å². The lowest BCUT2D eigenvalue weighted by molar-refractivity contribution is -0.116. The molecule has 0 aliphatic rings. The average Bonchev–Trinajstić information content (AvgIpc) is 2.90. The highest BCUT2D eigenvalue weighted by molar-refractivity contribution is 7.23. The molecule has 0 aliphatic carbocycles. The van der Waals surface area contributed by atoms with Crippen molar-refractivity contribution in [2.75, 3.05) is 4.90 Å². The summed E-state index contributed by atoms with van der Waals surface area (Å²) in [7, 11) is 0. The zero-order chi connectivity index (χ0) is 16.4. The number of hydrogen-bond acceptors (Lipinski definition) is 4. The molecule has 0 atom stereocenters. The molecule has 0 saturated carbocycles. The van der Waals surface area contributed by atoms with Crippen LogP contribution in [-0.4, -0.2) is 11.0 Å². The van der Waals surface area contributed by atoms with E-state index < -0.39 is 0 Å². The van der Waals surface area contributed by atoms with E-state index in [0.29, 0.717) is 17.1 Å². The van der Waals surface area contributed by atoms with Gasteiger partial charge in [-0.1, -0.05) is 30.3 Å². The topological polar surface area (TPSA) is 64.3 Å². The Kier molecular flexibility index (Phi) is 4.00. The molecular formula is C18H14N2O2S. The number of thiophene rings is 1. The molecule has 1 N–H and O–H groups in total. The molecule has 3 rings (SSSR count). The zero-order valence-corrected chi connectivity index (χ0v) is 13.3. The van der Waals surface area contributed by atoms with Gasteiger partial charge < -0.3 is 5.11 Å². The Morgan fingerprint density at radius 2 is 2.00 bits per heavy atom. The first-order chi connectivity index (χ1) is 11.1. The first kappa shape index (κ1) is 15.1. The number of nitrogens with zero attached hydrogens (tertiary/aromatic N) is 2. The van der Waals surface area contributed by atoms with Crippen molar-refractivity contribution in [1.29, 1.82) is 5.26 Å². The number of hydrogen-bond donors (Lipinski definition) is 1. The molecule has 0 radical (unpaired) electrons. The zero-order valence-electron chi connectivity index (χ0n) is 12.5. The molecule has 1 amide bonds.